The maximum atomic E-state index is 14.4. The van der Waals surface area contributed by atoms with Crippen molar-refractivity contribution in [2.24, 2.45) is 5.92 Å². The van der Waals surface area contributed by atoms with Gasteiger partial charge in [-0.2, -0.15) is 0 Å². The Balaban J connectivity index is 1.01. The van der Waals surface area contributed by atoms with Crippen molar-refractivity contribution in [3.05, 3.63) is 29.6 Å². The molecule has 39 heavy (non-hydrogen) atoms. The number of ether oxygens (including phenoxy) is 3. The van der Waals surface area contributed by atoms with Crippen LogP contribution < -0.4 is 4.90 Å². The summed E-state index contributed by atoms with van der Waals surface area (Å²) in [5, 5.41) is 0. The summed E-state index contributed by atoms with van der Waals surface area (Å²) >= 11 is 0. The molecule has 4 heterocycles. The van der Waals surface area contributed by atoms with Crippen molar-refractivity contribution in [2.75, 3.05) is 44.3 Å². The average molecular weight is 542 g/mol. The Morgan fingerprint density at radius 2 is 1.77 bits per heavy atom. The first-order valence-electron chi connectivity index (χ1n) is 15.1. The Hall–Kier alpha value is -2.39. The van der Waals surface area contributed by atoms with E-state index in [1.807, 2.05) is 4.90 Å². The summed E-state index contributed by atoms with van der Waals surface area (Å²) in [6, 6.07) is 5.53. The van der Waals surface area contributed by atoms with E-state index in [0.717, 1.165) is 88.7 Å². The third kappa shape index (κ3) is 4.69. The summed E-state index contributed by atoms with van der Waals surface area (Å²) in [6.07, 6.45) is 9.27. The first kappa shape index (κ1) is 25.6. The molecule has 3 saturated heterocycles. The van der Waals surface area contributed by atoms with Crippen LogP contribution in [-0.2, 0) is 19.6 Å². The second kappa shape index (κ2) is 10.2. The minimum Gasteiger partial charge on any atom is -0.446 e. The molecule has 212 valence electrons. The SMILES string of the molecule is O=C(OC1CCC1)N1CC2(CCN(C3CC4CCCN(C(=O)O[C@H]5CCOC5)C4C3)CC2)c2cc(F)ccc21. The molecule has 5 fully saturated rings. The molecule has 0 N–H and O–H groups in total. The van der Waals surface area contributed by atoms with Crippen LogP contribution in [0.25, 0.3) is 0 Å². The molecule has 0 radical (unpaired) electrons. The van der Waals surface area contributed by atoms with E-state index in [4.69, 9.17) is 14.2 Å². The van der Waals surface area contributed by atoms with Gasteiger partial charge >= 0.3 is 12.2 Å². The van der Waals surface area contributed by atoms with Crippen LogP contribution in [0.2, 0.25) is 0 Å². The van der Waals surface area contributed by atoms with E-state index in [1.54, 1.807) is 17.0 Å². The van der Waals surface area contributed by atoms with Gasteiger partial charge in [0.25, 0.3) is 0 Å². The highest BCUT2D eigenvalue weighted by Crippen LogP contribution is 2.49. The number of piperidine rings is 2. The predicted molar refractivity (Wildman–Crippen MR) is 142 cm³/mol. The Kier molecular flexibility index (Phi) is 6.70. The van der Waals surface area contributed by atoms with Crippen LogP contribution in [0.3, 0.4) is 0 Å². The molecule has 4 atom stereocenters. The smallest absolute Gasteiger partial charge is 0.414 e. The fourth-order valence-corrected chi connectivity index (χ4v) is 8.04. The maximum absolute atomic E-state index is 14.4. The summed E-state index contributed by atoms with van der Waals surface area (Å²) < 4.78 is 31.4. The number of anilines is 1. The molecule has 1 aromatic carbocycles. The third-order valence-corrected chi connectivity index (χ3v) is 10.5. The van der Waals surface area contributed by atoms with E-state index in [2.05, 4.69) is 4.90 Å². The summed E-state index contributed by atoms with van der Waals surface area (Å²) in [5.41, 5.74) is 1.53. The van der Waals surface area contributed by atoms with Crippen LogP contribution in [0, 0.1) is 11.7 Å². The fourth-order valence-electron chi connectivity index (χ4n) is 8.04. The first-order chi connectivity index (χ1) is 19.0. The molecule has 2 amide bonds. The lowest BCUT2D eigenvalue weighted by Gasteiger charge is -2.42. The van der Waals surface area contributed by atoms with E-state index >= 15 is 0 Å². The monoisotopic (exact) mass is 541 g/mol. The number of halogens is 1. The molecule has 2 saturated carbocycles. The van der Waals surface area contributed by atoms with E-state index in [-0.39, 0.29) is 41.7 Å². The zero-order valence-corrected chi connectivity index (χ0v) is 22.7. The topological polar surface area (TPSA) is 71.6 Å². The molecule has 2 aliphatic carbocycles. The number of amides is 2. The zero-order chi connectivity index (χ0) is 26.6. The van der Waals surface area contributed by atoms with Crippen molar-refractivity contribution in [3.63, 3.8) is 0 Å². The van der Waals surface area contributed by atoms with Crippen LogP contribution in [0.4, 0.5) is 19.7 Å². The van der Waals surface area contributed by atoms with Gasteiger partial charge in [-0.15, -0.1) is 0 Å². The number of benzene rings is 1. The molecule has 6 aliphatic rings. The molecule has 8 nitrogen and oxygen atoms in total. The number of rotatable bonds is 3. The van der Waals surface area contributed by atoms with Gasteiger partial charge in [0.05, 0.1) is 18.9 Å². The number of carbonyl (C=O) groups excluding carboxylic acids is 2. The molecule has 0 aromatic heterocycles. The van der Waals surface area contributed by atoms with Gasteiger partial charge in [-0.3, -0.25) is 4.90 Å². The normalized spacial score (nSPS) is 32.1. The molecule has 1 spiro atoms. The Labute approximate surface area is 229 Å². The summed E-state index contributed by atoms with van der Waals surface area (Å²) in [4.78, 5) is 32.5. The summed E-state index contributed by atoms with van der Waals surface area (Å²) in [6.45, 7) is 4.34. The molecular formula is C30H40FN3O5. The van der Waals surface area contributed by atoms with Crippen molar-refractivity contribution >= 4 is 17.9 Å². The van der Waals surface area contributed by atoms with Crippen molar-refractivity contribution in [1.82, 2.24) is 9.80 Å². The Morgan fingerprint density at radius 3 is 2.51 bits per heavy atom. The largest absolute Gasteiger partial charge is 0.446 e. The molecule has 0 bridgehead atoms. The van der Waals surface area contributed by atoms with Crippen molar-refractivity contribution < 1.29 is 28.2 Å². The number of hydrogen-bond donors (Lipinski definition) is 0. The van der Waals surface area contributed by atoms with Crippen molar-refractivity contribution in [3.8, 4) is 0 Å². The number of nitrogens with zero attached hydrogens (tertiary/aromatic N) is 3. The highest BCUT2D eigenvalue weighted by atomic mass is 19.1. The van der Waals surface area contributed by atoms with Gasteiger partial charge in [0.15, 0.2) is 0 Å². The standard InChI is InChI=1S/C30H40FN3O5/c31-21-6-7-26-25(16-21)30(19-34(26)29(36)38-23-4-1-5-23)9-12-32(13-10-30)22-15-20-3-2-11-33(27(20)17-22)28(35)39-24-8-14-37-18-24/h6-7,16,20,22-24,27H,1-5,8-15,17-19H2/t20?,22?,24-,27?/m0/s1. The second-order valence-corrected chi connectivity index (χ2v) is 12.7. The minimum atomic E-state index is -0.289. The molecule has 4 aliphatic heterocycles. The molecule has 9 heteroatoms. The van der Waals surface area contributed by atoms with Gasteiger partial charge < -0.3 is 24.0 Å². The predicted octanol–water partition coefficient (Wildman–Crippen LogP) is 4.84. The van der Waals surface area contributed by atoms with Gasteiger partial charge in [-0.25, -0.2) is 14.0 Å². The quantitative estimate of drug-likeness (QED) is 0.546. The highest BCUT2D eigenvalue weighted by Gasteiger charge is 2.50. The molecule has 7 rings (SSSR count). The lowest BCUT2D eigenvalue weighted by molar-refractivity contribution is 0.0286. The third-order valence-electron chi connectivity index (χ3n) is 10.5. The van der Waals surface area contributed by atoms with Gasteiger partial charge in [0.2, 0.25) is 0 Å². The Bertz CT molecular complexity index is 1100. The number of carbonyl (C=O) groups is 2. The van der Waals surface area contributed by atoms with E-state index in [9.17, 15) is 14.0 Å². The first-order valence-corrected chi connectivity index (χ1v) is 15.1. The zero-order valence-electron chi connectivity index (χ0n) is 22.7. The highest BCUT2D eigenvalue weighted by molar-refractivity contribution is 5.91. The molecule has 1 aromatic rings. The van der Waals surface area contributed by atoms with E-state index in [1.165, 1.54) is 12.5 Å². The lowest BCUT2D eigenvalue weighted by atomic mass is 9.74. The van der Waals surface area contributed by atoms with Crippen molar-refractivity contribution in [2.45, 2.75) is 93.9 Å². The molecule has 3 unspecified atom stereocenters. The molecular weight excluding hydrogens is 501 g/mol. The van der Waals surface area contributed by atoms with Crippen LogP contribution in [0.1, 0.15) is 69.8 Å². The lowest BCUT2D eigenvalue weighted by Crippen LogP contribution is -2.50. The van der Waals surface area contributed by atoms with Gasteiger partial charge in [-0.05, 0) is 101 Å². The van der Waals surface area contributed by atoms with Crippen LogP contribution >= 0.6 is 0 Å². The van der Waals surface area contributed by atoms with Gasteiger partial charge in [-0.1, -0.05) is 0 Å². The van der Waals surface area contributed by atoms with Crippen LogP contribution in [0.15, 0.2) is 18.2 Å². The van der Waals surface area contributed by atoms with Gasteiger partial charge in [0.1, 0.15) is 18.0 Å². The number of likely N-dealkylation sites (tertiary alicyclic amines) is 2. The van der Waals surface area contributed by atoms with Crippen molar-refractivity contribution in [1.29, 1.82) is 0 Å². The number of hydrogen-bond acceptors (Lipinski definition) is 6. The van der Waals surface area contributed by atoms with Crippen LogP contribution in [-0.4, -0.2) is 85.7 Å². The summed E-state index contributed by atoms with van der Waals surface area (Å²) in [5.74, 6) is 0.269. The van der Waals surface area contributed by atoms with Gasteiger partial charge in [0, 0.05) is 37.0 Å². The number of fused-ring (bicyclic) bond motifs is 3. The van der Waals surface area contributed by atoms with E-state index < -0.39 is 0 Å². The minimum absolute atomic E-state index is 0.0223. The average Bonchev–Trinajstić information content (AvgIpc) is 3.65. The maximum Gasteiger partial charge on any atom is 0.414 e. The second-order valence-electron chi connectivity index (χ2n) is 12.7. The Morgan fingerprint density at radius 1 is 0.949 bits per heavy atom. The summed E-state index contributed by atoms with van der Waals surface area (Å²) in [7, 11) is 0. The van der Waals surface area contributed by atoms with E-state index in [0.29, 0.717) is 31.7 Å². The fraction of sp³-hybridized carbons (Fsp3) is 0.733. The van der Waals surface area contributed by atoms with Crippen LogP contribution in [0.5, 0.6) is 0 Å².